The van der Waals surface area contributed by atoms with Crippen LogP contribution in [-0.2, 0) is 11.3 Å². The summed E-state index contributed by atoms with van der Waals surface area (Å²) >= 11 is 0. The highest BCUT2D eigenvalue weighted by Gasteiger charge is 2.08. The maximum Gasteiger partial charge on any atom is 0.226 e. The lowest BCUT2D eigenvalue weighted by atomic mass is 10.2. The molecule has 0 radical (unpaired) electrons. The van der Waals surface area contributed by atoms with Crippen molar-refractivity contribution in [2.45, 2.75) is 19.9 Å². The lowest BCUT2D eigenvalue weighted by Crippen LogP contribution is -2.15. The Hall–Kier alpha value is -3.60. The van der Waals surface area contributed by atoms with Crippen LogP contribution in [0.3, 0.4) is 0 Å². The molecule has 0 aliphatic heterocycles. The first kappa shape index (κ1) is 17.8. The number of nitrogens with one attached hydrogen (secondary N) is 1. The van der Waals surface area contributed by atoms with Gasteiger partial charge in [-0.25, -0.2) is 0 Å². The Labute approximate surface area is 163 Å². The number of hydrogen-bond donors (Lipinski definition) is 1. The van der Waals surface area contributed by atoms with Crippen LogP contribution in [0.15, 0.2) is 79.0 Å². The number of carbonyl (C=O) groups is 1. The van der Waals surface area contributed by atoms with Crippen molar-refractivity contribution in [2.24, 2.45) is 0 Å². The topological polar surface area (TPSA) is 56.2 Å². The summed E-state index contributed by atoms with van der Waals surface area (Å²) in [5, 5.41) is 8.42. The second-order valence-corrected chi connectivity index (χ2v) is 6.62. The maximum absolute atomic E-state index is 12.3. The number of rotatable bonds is 6. The van der Waals surface area contributed by atoms with E-state index in [4.69, 9.17) is 4.74 Å². The second-order valence-electron chi connectivity index (χ2n) is 6.62. The van der Waals surface area contributed by atoms with E-state index < -0.39 is 0 Å². The zero-order chi connectivity index (χ0) is 19.3. The number of para-hydroxylation sites is 2. The Morgan fingerprint density at radius 1 is 0.964 bits per heavy atom. The molecule has 3 aromatic carbocycles. The number of amides is 1. The van der Waals surface area contributed by atoms with Crippen LogP contribution in [-0.4, -0.2) is 15.7 Å². The number of anilines is 1. The number of fused-ring (bicyclic) bond motifs is 1. The molecule has 0 fully saturated rings. The Kier molecular flexibility index (Phi) is 5.06. The van der Waals surface area contributed by atoms with Gasteiger partial charge in [-0.05, 0) is 48.9 Å². The highest BCUT2D eigenvalue weighted by molar-refractivity contribution is 5.91. The second kappa shape index (κ2) is 7.96. The Balaban J connectivity index is 1.34. The fourth-order valence-corrected chi connectivity index (χ4v) is 3.16. The van der Waals surface area contributed by atoms with Crippen LogP contribution in [0.25, 0.3) is 10.9 Å². The molecule has 0 bridgehead atoms. The number of aromatic nitrogens is 2. The Morgan fingerprint density at radius 2 is 1.71 bits per heavy atom. The molecule has 1 heterocycles. The molecule has 0 aliphatic carbocycles. The largest absolute Gasteiger partial charge is 0.457 e. The van der Waals surface area contributed by atoms with E-state index in [9.17, 15) is 4.79 Å². The van der Waals surface area contributed by atoms with Crippen LogP contribution in [0.1, 0.15) is 12.0 Å². The van der Waals surface area contributed by atoms with Gasteiger partial charge in [0.1, 0.15) is 11.5 Å². The van der Waals surface area contributed by atoms with Crippen molar-refractivity contribution < 1.29 is 9.53 Å². The molecule has 5 nitrogen and oxygen atoms in total. The van der Waals surface area contributed by atoms with E-state index in [1.165, 1.54) is 0 Å². The zero-order valence-corrected chi connectivity index (χ0v) is 15.6. The van der Waals surface area contributed by atoms with Crippen LogP contribution in [0, 0.1) is 6.92 Å². The summed E-state index contributed by atoms with van der Waals surface area (Å²) in [5.41, 5.74) is 2.98. The SMILES string of the molecule is Cc1cccc2cnn(CCC(=O)Nc3ccc(Oc4ccccc4)cc3)c12. The fraction of sp³-hybridized carbons (Fsp3) is 0.130. The molecular formula is C23H21N3O2. The predicted octanol–water partition coefficient (Wildman–Crippen LogP) is 5.17. The van der Waals surface area contributed by atoms with Gasteiger partial charge in [0.2, 0.25) is 5.91 Å². The molecule has 0 unspecified atom stereocenters. The van der Waals surface area contributed by atoms with Crippen LogP contribution in [0.2, 0.25) is 0 Å². The molecular weight excluding hydrogens is 350 g/mol. The van der Waals surface area contributed by atoms with E-state index in [0.717, 1.165) is 33.7 Å². The van der Waals surface area contributed by atoms with Crippen molar-refractivity contribution in [3.05, 3.63) is 84.6 Å². The zero-order valence-electron chi connectivity index (χ0n) is 15.6. The van der Waals surface area contributed by atoms with Crippen LogP contribution in [0.4, 0.5) is 5.69 Å². The summed E-state index contributed by atoms with van der Waals surface area (Å²) in [6.45, 7) is 2.59. The van der Waals surface area contributed by atoms with E-state index >= 15 is 0 Å². The third kappa shape index (κ3) is 4.04. The third-order valence-corrected chi connectivity index (χ3v) is 4.53. The van der Waals surface area contributed by atoms with Gasteiger partial charge < -0.3 is 10.1 Å². The van der Waals surface area contributed by atoms with Crippen molar-refractivity contribution >= 4 is 22.5 Å². The number of carbonyl (C=O) groups excluding carboxylic acids is 1. The van der Waals surface area contributed by atoms with Gasteiger partial charge in [0.15, 0.2) is 0 Å². The lowest BCUT2D eigenvalue weighted by molar-refractivity contribution is -0.116. The molecule has 0 saturated heterocycles. The first-order valence-electron chi connectivity index (χ1n) is 9.23. The fourth-order valence-electron chi connectivity index (χ4n) is 3.16. The Bertz CT molecular complexity index is 1090. The number of ether oxygens (including phenoxy) is 1. The minimum absolute atomic E-state index is 0.0473. The summed E-state index contributed by atoms with van der Waals surface area (Å²) in [6, 6.07) is 23.0. The number of benzene rings is 3. The summed E-state index contributed by atoms with van der Waals surface area (Å²) in [7, 11) is 0. The molecule has 4 aromatic rings. The van der Waals surface area contributed by atoms with Crippen LogP contribution >= 0.6 is 0 Å². The van der Waals surface area contributed by atoms with Gasteiger partial charge in [-0.15, -0.1) is 0 Å². The molecule has 1 N–H and O–H groups in total. The first-order valence-corrected chi connectivity index (χ1v) is 9.23. The summed E-state index contributed by atoms with van der Waals surface area (Å²) in [5.74, 6) is 1.46. The molecule has 28 heavy (non-hydrogen) atoms. The molecule has 0 saturated carbocycles. The molecule has 0 aliphatic rings. The van der Waals surface area contributed by atoms with E-state index in [0.29, 0.717) is 13.0 Å². The van der Waals surface area contributed by atoms with Gasteiger partial charge in [0.05, 0.1) is 18.3 Å². The van der Waals surface area contributed by atoms with Crippen molar-refractivity contribution in [1.29, 1.82) is 0 Å². The minimum atomic E-state index is -0.0473. The van der Waals surface area contributed by atoms with Gasteiger partial charge in [0, 0.05) is 17.5 Å². The highest BCUT2D eigenvalue weighted by atomic mass is 16.5. The van der Waals surface area contributed by atoms with E-state index in [1.807, 2.05) is 77.6 Å². The normalized spacial score (nSPS) is 10.8. The molecule has 1 aromatic heterocycles. The van der Waals surface area contributed by atoms with E-state index in [1.54, 1.807) is 0 Å². The van der Waals surface area contributed by atoms with E-state index in [2.05, 4.69) is 23.4 Å². The number of hydrogen-bond acceptors (Lipinski definition) is 3. The summed E-state index contributed by atoms with van der Waals surface area (Å²) < 4.78 is 7.65. The van der Waals surface area contributed by atoms with Crippen molar-refractivity contribution in [1.82, 2.24) is 9.78 Å². The van der Waals surface area contributed by atoms with Crippen molar-refractivity contribution in [3.8, 4) is 11.5 Å². The van der Waals surface area contributed by atoms with Gasteiger partial charge in [0.25, 0.3) is 0 Å². The average molecular weight is 371 g/mol. The molecule has 0 spiro atoms. The predicted molar refractivity (Wildman–Crippen MR) is 111 cm³/mol. The maximum atomic E-state index is 12.3. The molecule has 0 atom stereocenters. The lowest BCUT2D eigenvalue weighted by Gasteiger charge is -2.09. The van der Waals surface area contributed by atoms with Crippen molar-refractivity contribution in [3.63, 3.8) is 0 Å². The van der Waals surface area contributed by atoms with Gasteiger partial charge in [-0.1, -0.05) is 36.4 Å². The molecule has 140 valence electrons. The van der Waals surface area contributed by atoms with Crippen molar-refractivity contribution in [2.75, 3.05) is 5.32 Å². The number of aryl methyl sites for hydroxylation is 2. The molecule has 5 heteroatoms. The van der Waals surface area contributed by atoms with Crippen LogP contribution in [0.5, 0.6) is 11.5 Å². The van der Waals surface area contributed by atoms with Gasteiger partial charge in [-0.2, -0.15) is 5.10 Å². The highest BCUT2D eigenvalue weighted by Crippen LogP contribution is 2.23. The molecule has 4 rings (SSSR count). The van der Waals surface area contributed by atoms with E-state index in [-0.39, 0.29) is 5.91 Å². The van der Waals surface area contributed by atoms with Gasteiger partial charge in [-0.3, -0.25) is 9.48 Å². The van der Waals surface area contributed by atoms with Gasteiger partial charge >= 0.3 is 0 Å². The van der Waals surface area contributed by atoms with Crippen LogP contribution < -0.4 is 10.1 Å². The standard InChI is InChI=1S/C23H21N3O2/c1-17-6-5-7-18-16-24-26(23(17)18)15-14-22(27)25-19-10-12-21(13-11-19)28-20-8-3-2-4-9-20/h2-13,16H,14-15H2,1H3,(H,25,27). The monoisotopic (exact) mass is 371 g/mol. The summed E-state index contributed by atoms with van der Waals surface area (Å²) in [4.78, 5) is 12.3. The third-order valence-electron chi connectivity index (χ3n) is 4.53. The smallest absolute Gasteiger partial charge is 0.226 e. The summed E-state index contributed by atoms with van der Waals surface area (Å²) in [6.07, 6.45) is 2.19. The minimum Gasteiger partial charge on any atom is -0.457 e. The first-order chi connectivity index (χ1) is 13.7. The number of nitrogens with zero attached hydrogens (tertiary/aromatic N) is 2. The average Bonchev–Trinajstić information content (AvgIpc) is 3.13. The quantitative estimate of drug-likeness (QED) is 0.509. The Morgan fingerprint density at radius 3 is 2.50 bits per heavy atom. The molecule has 1 amide bonds.